The Bertz CT molecular complexity index is 327. The second kappa shape index (κ2) is 4.36. The summed E-state index contributed by atoms with van der Waals surface area (Å²) >= 11 is 0. The van der Waals surface area contributed by atoms with Crippen LogP contribution in [0.5, 0.6) is 0 Å². The van der Waals surface area contributed by atoms with E-state index in [9.17, 15) is 4.79 Å². The summed E-state index contributed by atoms with van der Waals surface area (Å²) in [4.78, 5) is 14.7. The fourth-order valence-corrected chi connectivity index (χ4v) is 1.12. The van der Waals surface area contributed by atoms with E-state index in [4.69, 9.17) is 5.26 Å². The van der Waals surface area contributed by atoms with Gasteiger partial charge in [0.15, 0.2) is 0 Å². The van der Waals surface area contributed by atoms with Gasteiger partial charge in [-0.3, -0.25) is 9.78 Å². The molecule has 1 rings (SSSR count). The number of hydrogen-bond acceptors (Lipinski definition) is 3. The molecule has 0 spiro atoms. The summed E-state index contributed by atoms with van der Waals surface area (Å²) in [6.45, 7) is 1.49. The first-order valence-electron chi connectivity index (χ1n) is 4.03. The van der Waals surface area contributed by atoms with Crippen LogP contribution in [-0.4, -0.2) is 10.8 Å². The van der Waals surface area contributed by atoms with Crippen LogP contribution in [-0.2, 0) is 4.79 Å². The Balaban J connectivity index is 2.80. The Kier molecular flexibility index (Phi) is 3.15. The molecular formula is C10H10N2O. The summed E-state index contributed by atoms with van der Waals surface area (Å²) in [5.74, 6) is -0.302. The van der Waals surface area contributed by atoms with Gasteiger partial charge in [-0.05, 0) is 24.6 Å². The molecular weight excluding hydrogens is 164 g/mol. The molecule has 0 aliphatic carbocycles. The van der Waals surface area contributed by atoms with Crippen molar-refractivity contribution in [3.8, 4) is 6.07 Å². The second-order valence-electron chi connectivity index (χ2n) is 2.87. The van der Waals surface area contributed by atoms with Gasteiger partial charge in [-0.2, -0.15) is 5.26 Å². The highest BCUT2D eigenvalue weighted by atomic mass is 16.1. The van der Waals surface area contributed by atoms with Gasteiger partial charge in [0.1, 0.15) is 5.78 Å². The number of hydrogen-bond donors (Lipinski definition) is 0. The first-order valence-corrected chi connectivity index (χ1v) is 4.03. The van der Waals surface area contributed by atoms with Gasteiger partial charge in [-0.25, -0.2) is 0 Å². The summed E-state index contributed by atoms with van der Waals surface area (Å²) in [5.41, 5.74) is 0.854. The highest BCUT2D eigenvalue weighted by Gasteiger charge is 2.11. The van der Waals surface area contributed by atoms with Crippen LogP contribution in [0.2, 0.25) is 0 Å². The topological polar surface area (TPSA) is 53.8 Å². The summed E-state index contributed by atoms with van der Waals surface area (Å²) in [7, 11) is 0. The van der Waals surface area contributed by atoms with Crippen molar-refractivity contribution in [1.29, 1.82) is 5.26 Å². The van der Waals surface area contributed by atoms with Crippen LogP contribution in [0.1, 0.15) is 24.8 Å². The molecule has 13 heavy (non-hydrogen) atoms. The molecule has 0 fully saturated rings. The minimum absolute atomic E-state index is 0.0309. The first-order chi connectivity index (χ1) is 6.24. The molecule has 1 atom stereocenters. The molecule has 1 aromatic heterocycles. The van der Waals surface area contributed by atoms with E-state index in [2.05, 4.69) is 11.1 Å². The van der Waals surface area contributed by atoms with Crippen molar-refractivity contribution in [3.05, 3.63) is 30.1 Å². The maximum atomic E-state index is 10.8. The Labute approximate surface area is 77.0 Å². The maximum Gasteiger partial charge on any atom is 0.131 e. The van der Waals surface area contributed by atoms with Crippen LogP contribution in [0.3, 0.4) is 0 Å². The Morgan fingerprint density at radius 3 is 2.69 bits per heavy atom. The standard InChI is InChI=1S/C10H10N2O/c1-8(13)6-10(7-11)9-2-4-12-5-3-9/h2-5,10H,6H2,1H3. The van der Waals surface area contributed by atoms with Gasteiger partial charge < -0.3 is 0 Å². The number of carbonyl (C=O) groups excluding carboxylic acids is 1. The van der Waals surface area contributed by atoms with E-state index < -0.39 is 0 Å². The van der Waals surface area contributed by atoms with E-state index in [1.54, 1.807) is 24.5 Å². The lowest BCUT2D eigenvalue weighted by Gasteiger charge is -2.05. The first kappa shape index (κ1) is 9.40. The summed E-state index contributed by atoms with van der Waals surface area (Å²) < 4.78 is 0. The number of Topliss-reactive ketones (excluding diaryl/α,β-unsaturated/α-hetero) is 1. The third-order valence-electron chi connectivity index (χ3n) is 1.76. The van der Waals surface area contributed by atoms with Crippen molar-refractivity contribution in [2.45, 2.75) is 19.3 Å². The number of nitrogens with zero attached hydrogens (tertiary/aromatic N) is 2. The molecule has 0 bridgehead atoms. The summed E-state index contributed by atoms with van der Waals surface area (Å²) in [6, 6.07) is 5.62. The number of rotatable bonds is 3. The van der Waals surface area contributed by atoms with Crippen LogP contribution in [0, 0.1) is 11.3 Å². The van der Waals surface area contributed by atoms with Crippen molar-refractivity contribution in [2.75, 3.05) is 0 Å². The molecule has 0 aromatic carbocycles. The predicted molar refractivity (Wildman–Crippen MR) is 47.9 cm³/mol. The quantitative estimate of drug-likeness (QED) is 0.700. The maximum absolute atomic E-state index is 10.8. The van der Waals surface area contributed by atoms with Crippen LogP contribution in [0.25, 0.3) is 0 Å². The minimum Gasteiger partial charge on any atom is -0.300 e. The Morgan fingerprint density at radius 1 is 1.62 bits per heavy atom. The van der Waals surface area contributed by atoms with E-state index in [-0.39, 0.29) is 18.1 Å². The average molecular weight is 174 g/mol. The smallest absolute Gasteiger partial charge is 0.131 e. The van der Waals surface area contributed by atoms with Gasteiger partial charge in [0.2, 0.25) is 0 Å². The molecule has 3 nitrogen and oxygen atoms in total. The molecule has 0 aliphatic rings. The Morgan fingerprint density at radius 2 is 2.23 bits per heavy atom. The lowest BCUT2D eigenvalue weighted by Crippen LogP contribution is -2.01. The largest absolute Gasteiger partial charge is 0.300 e. The third-order valence-corrected chi connectivity index (χ3v) is 1.76. The van der Waals surface area contributed by atoms with Gasteiger partial charge >= 0.3 is 0 Å². The zero-order valence-corrected chi connectivity index (χ0v) is 7.40. The van der Waals surface area contributed by atoms with Crippen LogP contribution < -0.4 is 0 Å². The van der Waals surface area contributed by atoms with E-state index >= 15 is 0 Å². The summed E-state index contributed by atoms with van der Waals surface area (Å²) in [5, 5.41) is 8.81. The number of aromatic nitrogens is 1. The molecule has 1 aromatic rings. The fourth-order valence-electron chi connectivity index (χ4n) is 1.12. The molecule has 0 saturated heterocycles. The zero-order chi connectivity index (χ0) is 9.68. The zero-order valence-electron chi connectivity index (χ0n) is 7.40. The van der Waals surface area contributed by atoms with Crippen molar-refractivity contribution >= 4 is 5.78 Å². The lowest BCUT2D eigenvalue weighted by atomic mass is 9.97. The minimum atomic E-state index is -0.333. The monoisotopic (exact) mass is 174 g/mol. The highest BCUT2D eigenvalue weighted by molar-refractivity contribution is 5.76. The van der Waals surface area contributed by atoms with E-state index in [1.165, 1.54) is 6.92 Å². The molecule has 0 amide bonds. The van der Waals surface area contributed by atoms with Gasteiger partial charge in [0.25, 0.3) is 0 Å². The highest BCUT2D eigenvalue weighted by Crippen LogP contribution is 2.17. The van der Waals surface area contributed by atoms with Crippen LogP contribution in [0.15, 0.2) is 24.5 Å². The van der Waals surface area contributed by atoms with Crippen LogP contribution in [0.4, 0.5) is 0 Å². The van der Waals surface area contributed by atoms with Crippen molar-refractivity contribution in [1.82, 2.24) is 4.98 Å². The van der Waals surface area contributed by atoms with Gasteiger partial charge in [0, 0.05) is 18.8 Å². The van der Waals surface area contributed by atoms with E-state index in [0.717, 1.165) is 5.56 Å². The van der Waals surface area contributed by atoms with Gasteiger partial charge in [-0.15, -0.1) is 0 Å². The average Bonchev–Trinajstić information content (AvgIpc) is 2.15. The molecule has 0 N–H and O–H groups in total. The normalized spacial score (nSPS) is 11.7. The molecule has 0 saturated carbocycles. The van der Waals surface area contributed by atoms with Gasteiger partial charge in [0.05, 0.1) is 12.0 Å². The number of nitriles is 1. The number of pyridine rings is 1. The molecule has 0 aliphatic heterocycles. The van der Waals surface area contributed by atoms with Crippen molar-refractivity contribution in [3.63, 3.8) is 0 Å². The number of carbonyl (C=O) groups is 1. The third kappa shape index (κ3) is 2.68. The molecule has 1 heterocycles. The number of ketones is 1. The van der Waals surface area contributed by atoms with Crippen LogP contribution >= 0.6 is 0 Å². The molecule has 3 heteroatoms. The summed E-state index contributed by atoms with van der Waals surface area (Å²) in [6.07, 6.45) is 3.53. The fraction of sp³-hybridized carbons (Fsp3) is 0.300. The van der Waals surface area contributed by atoms with Crippen molar-refractivity contribution < 1.29 is 4.79 Å². The Hall–Kier alpha value is -1.69. The van der Waals surface area contributed by atoms with Gasteiger partial charge in [-0.1, -0.05) is 0 Å². The van der Waals surface area contributed by atoms with E-state index in [0.29, 0.717) is 0 Å². The molecule has 66 valence electrons. The molecule has 0 radical (unpaired) electrons. The van der Waals surface area contributed by atoms with Crippen molar-refractivity contribution in [2.24, 2.45) is 0 Å². The predicted octanol–water partition coefficient (Wildman–Crippen LogP) is 1.67. The SMILES string of the molecule is CC(=O)CC(C#N)c1ccncc1. The molecule has 1 unspecified atom stereocenters. The second-order valence-corrected chi connectivity index (χ2v) is 2.87. The lowest BCUT2D eigenvalue weighted by molar-refractivity contribution is -0.117. The van der Waals surface area contributed by atoms with E-state index in [1.807, 2.05) is 0 Å².